The Balaban J connectivity index is 2.17. The highest BCUT2D eigenvalue weighted by molar-refractivity contribution is 6.03. The van der Waals surface area contributed by atoms with Gasteiger partial charge in [0.2, 0.25) is 0 Å². The van der Waals surface area contributed by atoms with E-state index < -0.39 is 0 Å². The molecule has 0 aromatic heterocycles. The van der Waals surface area contributed by atoms with Crippen molar-refractivity contribution < 1.29 is 4.79 Å². The van der Waals surface area contributed by atoms with Gasteiger partial charge in [0.15, 0.2) is 0 Å². The maximum Gasteiger partial charge on any atom is 0.255 e. The van der Waals surface area contributed by atoms with Crippen molar-refractivity contribution in [3.8, 4) is 0 Å². The molecule has 0 spiro atoms. The van der Waals surface area contributed by atoms with Crippen molar-refractivity contribution in [1.29, 1.82) is 0 Å². The van der Waals surface area contributed by atoms with Gasteiger partial charge in [-0.1, -0.05) is 26.0 Å². The predicted molar refractivity (Wildman–Crippen MR) is 71.4 cm³/mol. The molecule has 0 radical (unpaired) electrons. The number of hydrogen-bond acceptors (Lipinski definition) is 3. The summed E-state index contributed by atoms with van der Waals surface area (Å²) in [5.41, 5.74) is 9.09. The van der Waals surface area contributed by atoms with Crippen LogP contribution in [0.2, 0.25) is 0 Å². The zero-order valence-corrected chi connectivity index (χ0v) is 10.8. The summed E-state index contributed by atoms with van der Waals surface area (Å²) in [5.74, 6) is 0.403. The van der Waals surface area contributed by atoms with Gasteiger partial charge in [-0.3, -0.25) is 4.79 Å². The Bertz CT molecular complexity index is 498. The molecule has 1 amide bonds. The van der Waals surface area contributed by atoms with E-state index in [2.05, 4.69) is 24.1 Å². The maximum atomic E-state index is 12.2. The first-order valence-corrected chi connectivity index (χ1v) is 6.55. The molecule has 3 rings (SSSR count). The normalized spacial score (nSPS) is 26.0. The number of rotatable bonds is 1. The van der Waals surface area contributed by atoms with Crippen LogP contribution in [0.3, 0.4) is 0 Å². The summed E-state index contributed by atoms with van der Waals surface area (Å²) in [6, 6.07) is 5.91. The third-order valence-corrected chi connectivity index (χ3v) is 3.93. The number of nitrogens with two attached hydrogens (primary N) is 1. The molecule has 2 atom stereocenters. The van der Waals surface area contributed by atoms with Gasteiger partial charge in [-0.2, -0.15) is 0 Å². The van der Waals surface area contributed by atoms with E-state index in [1.807, 2.05) is 18.2 Å². The highest BCUT2D eigenvalue weighted by Gasteiger charge is 2.37. The number of carbonyl (C=O) groups is 1. The molecule has 2 aliphatic heterocycles. The lowest BCUT2D eigenvalue weighted by molar-refractivity contribution is 0.0912. The van der Waals surface area contributed by atoms with E-state index >= 15 is 0 Å². The third kappa shape index (κ3) is 1.52. The summed E-state index contributed by atoms with van der Waals surface area (Å²) >= 11 is 0. The monoisotopic (exact) mass is 245 g/mol. The number of nitrogens with one attached hydrogen (secondary N) is 1. The molecule has 18 heavy (non-hydrogen) atoms. The molecule has 0 fully saturated rings. The zero-order valence-electron chi connectivity index (χ0n) is 10.8. The van der Waals surface area contributed by atoms with E-state index in [0.29, 0.717) is 5.92 Å². The Morgan fingerprint density at radius 2 is 2.22 bits per heavy atom. The van der Waals surface area contributed by atoms with Crippen molar-refractivity contribution in [1.82, 2.24) is 5.32 Å². The molecule has 0 bridgehead atoms. The second-order valence-electron chi connectivity index (χ2n) is 5.49. The van der Waals surface area contributed by atoms with Crippen LogP contribution in [0.1, 0.15) is 42.2 Å². The molecule has 0 saturated carbocycles. The van der Waals surface area contributed by atoms with Crippen LogP contribution < -0.4 is 16.0 Å². The van der Waals surface area contributed by atoms with E-state index in [4.69, 9.17) is 5.73 Å². The standard InChI is InChI=1S/C14H19N3O/c1-8(2)13-16-14(18)10-5-3-4-9-11(15)6-7-17(13)12(9)10/h3-5,8,11,13H,6-7,15H2,1-2H3,(H,16,18)/t11-,13+/m0/s1. The van der Waals surface area contributed by atoms with Crippen molar-refractivity contribution in [2.24, 2.45) is 11.7 Å². The minimum atomic E-state index is 0.0240. The van der Waals surface area contributed by atoms with Gasteiger partial charge in [0, 0.05) is 12.6 Å². The average molecular weight is 245 g/mol. The van der Waals surface area contributed by atoms with Gasteiger partial charge in [0.25, 0.3) is 5.91 Å². The third-order valence-electron chi connectivity index (χ3n) is 3.93. The Labute approximate surface area is 107 Å². The number of amides is 1. The largest absolute Gasteiger partial charge is 0.350 e. The van der Waals surface area contributed by atoms with Gasteiger partial charge in [-0.05, 0) is 24.0 Å². The molecule has 96 valence electrons. The van der Waals surface area contributed by atoms with Crippen LogP contribution in [0.15, 0.2) is 18.2 Å². The quantitative estimate of drug-likeness (QED) is 0.790. The van der Waals surface area contributed by atoms with E-state index in [1.165, 1.54) is 0 Å². The lowest BCUT2D eigenvalue weighted by Crippen LogP contribution is -2.57. The van der Waals surface area contributed by atoms with E-state index in [9.17, 15) is 4.79 Å². The summed E-state index contributed by atoms with van der Waals surface area (Å²) in [7, 11) is 0. The Morgan fingerprint density at radius 1 is 1.44 bits per heavy atom. The van der Waals surface area contributed by atoms with Gasteiger partial charge in [0.05, 0.1) is 11.3 Å². The molecule has 0 unspecified atom stereocenters. The summed E-state index contributed by atoms with van der Waals surface area (Å²) in [6.07, 6.45) is 1.02. The summed E-state index contributed by atoms with van der Waals surface area (Å²) < 4.78 is 0. The van der Waals surface area contributed by atoms with Gasteiger partial charge in [0.1, 0.15) is 6.17 Å². The lowest BCUT2D eigenvalue weighted by atomic mass is 9.90. The van der Waals surface area contributed by atoms with E-state index in [0.717, 1.165) is 29.8 Å². The first kappa shape index (κ1) is 11.5. The van der Waals surface area contributed by atoms with E-state index in [-0.39, 0.29) is 18.1 Å². The SMILES string of the molecule is CC(C)[C@@H]1NC(=O)c2cccc3c2N1CC[C@@H]3N. The smallest absolute Gasteiger partial charge is 0.255 e. The molecular weight excluding hydrogens is 226 g/mol. The van der Waals surface area contributed by atoms with Crippen LogP contribution in [-0.2, 0) is 0 Å². The summed E-state index contributed by atoms with van der Waals surface area (Å²) in [6.45, 7) is 5.18. The summed E-state index contributed by atoms with van der Waals surface area (Å²) in [4.78, 5) is 14.5. The van der Waals surface area contributed by atoms with E-state index in [1.54, 1.807) is 0 Å². The molecular formula is C14H19N3O. The molecule has 0 aliphatic carbocycles. The number of hydrogen-bond donors (Lipinski definition) is 2. The fourth-order valence-electron chi connectivity index (χ4n) is 3.00. The van der Waals surface area contributed by atoms with Crippen LogP contribution >= 0.6 is 0 Å². The van der Waals surface area contributed by atoms with Crippen LogP contribution in [-0.4, -0.2) is 18.6 Å². The molecule has 2 heterocycles. The molecule has 4 nitrogen and oxygen atoms in total. The number of para-hydroxylation sites is 1. The molecule has 1 aromatic carbocycles. The molecule has 4 heteroatoms. The molecule has 2 aliphatic rings. The van der Waals surface area contributed by atoms with Crippen LogP contribution in [0.25, 0.3) is 0 Å². The molecule has 0 saturated heterocycles. The first-order chi connectivity index (χ1) is 8.59. The first-order valence-electron chi connectivity index (χ1n) is 6.55. The van der Waals surface area contributed by atoms with Crippen LogP contribution in [0.5, 0.6) is 0 Å². The number of nitrogens with zero attached hydrogens (tertiary/aromatic N) is 1. The average Bonchev–Trinajstić information content (AvgIpc) is 2.36. The van der Waals surface area contributed by atoms with Crippen molar-refractivity contribution in [3.63, 3.8) is 0 Å². The van der Waals surface area contributed by atoms with Gasteiger partial charge >= 0.3 is 0 Å². The Hall–Kier alpha value is -1.55. The van der Waals surface area contributed by atoms with Crippen molar-refractivity contribution >= 4 is 11.6 Å². The Kier molecular flexibility index (Phi) is 2.55. The minimum absolute atomic E-state index is 0.0240. The topological polar surface area (TPSA) is 58.4 Å². The second-order valence-corrected chi connectivity index (χ2v) is 5.49. The van der Waals surface area contributed by atoms with Crippen molar-refractivity contribution in [2.45, 2.75) is 32.5 Å². The fourth-order valence-corrected chi connectivity index (χ4v) is 3.00. The minimum Gasteiger partial charge on any atom is -0.350 e. The van der Waals surface area contributed by atoms with Crippen LogP contribution in [0, 0.1) is 5.92 Å². The lowest BCUT2D eigenvalue weighted by Gasteiger charge is -2.45. The summed E-state index contributed by atoms with van der Waals surface area (Å²) in [5, 5.41) is 3.10. The second kappa shape index (κ2) is 3.99. The fraction of sp³-hybridized carbons (Fsp3) is 0.500. The van der Waals surface area contributed by atoms with Crippen LogP contribution in [0.4, 0.5) is 5.69 Å². The van der Waals surface area contributed by atoms with Gasteiger partial charge in [-0.25, -0.2) is 0 Å². The Morgan fingerprint density at radius 3 is 2.94 bits per heavy atom. The highest BCUT2D eigenvalue weighted by Crippen LogP contribution is 2.39. The number of carbonyl (C=O) groups excluding carboxylic acids is 1. The zero-order chi connectivity index (χ0) is 12.9. The van der Waals surface area contributed by atoms with Gasteiger partial charge < -0.3 is 16.0 Å². The predicted octanol–water partition coefficient (Wildman–Crippen LogP) is 1.62. The molecule has 3 N–H and O–H groups in total. The van der Waals surface area contributed by atoms with Gasteiger partial charge in [-0.15, -0.1) is 0 Å². The maximum absolute atomic E-state index is 12.2. The number of benzene rings is 1. The highest BCUT2D eigenvalue weighted by atomic mass is 16.2. The molecule has 1 aromatic rings. The van der Waals surface area contributed by atoms with Crippen molar-refractivity contribution in [2.75, 3.05) is 11.4 Å². The van der Waals surface area contributed by atoms with Crippen molar-refractivity contribution in [3.05, 3.63) is 29.3 Å². The number of anilines is 1.